The van der Waals surface area contributed by atoms with E-state index in [1.807, 2.05) is 73.5 Å². The molecule has 0 atom stereocenters. The van der Waals surface area contributed by atoms with E-state index in [9.17, 15) is 19.8 Å². The number of aromatic amines is 1. The van der Waals surface area contributed by atoms with E-state index in [4.69, 9.17) is 4.99 Å². The molecular weight excluding hydrogens is 458 g/mol. The lowest BCUT2D eigenvalue weighted by molar-refractivity contribution is -0.128. The SMILES string of the molecule is CCN(C)C(=O)CN(C)c1ccc(N=C(c2ccccc2)c2c(O)[nH]c3cc(C(=O)O)cnc23)cc1. The van der Waals surface area contributed by atoms with E-state index in [1.165, 1.54) is 12.3 Å². The Morgan fingerprint density at radius 2 is 1.72 bits per heavy atom. The van der Waals surface area contributed by atoms with E-state index in [1.54, 1.807) is 11.9 Å². The average Bonchev–Trinajstić information content (AvgIpc) is 3.22. The predicted octanol–water partition coefficient (Wildman–Crippen LogP) is 4.05. The van der Waals surface area contributed by atoms with Crippen LogP contribution in [-0.2, 0) is 4.79 Å². The Morgan fingerprint density at radius 3 is 2.36 bits per heavy atom. The molecule has 4 rings (SSSR count). The van der Waals surface area contributed by atoms with E-state index in [2.05, 4.69) is 9.97 Å². The van der Waals surface area contributed by atoms with E-state index in [0.717, 1.165) is 11.3 Å². The number of H-pyrrole nitrogens is 1. The summed E-state index contributed by atoms with van der Waals surface area (Å²) < 4.78 is 0. The van der Waals surface area contributed by atoms with Crippen molar-refractivity contribution in [3.8, 4) is 5.88 Å². The van der Waals surface area contributed by atoms with E-state index in [0.29, 0.717) is 34.5 Å². The van der Waals surface area contributed by atoms with Gasteiger partial charge in [0.05, 0.1) is 34.6 Å². The number of aromatic nitrogens is 2. The van der Waals surface area contributed by atoms with Crippen LogP contribution in [0.2, 0.25) is 0 Å². The highest BCUT2D eigenvalue weighted by molar-refractivity contribution is 6.21. The zero-order valence-corrected chi connectivity index (χ0v) is 20.3. The Morgan fingerprint density at radius 1 is 1.03 bits per heavy atom. The van der Waals surface area contributed by atoms with Crippen LogP contribution in [0.5, 0.6) is 5.88 Å². The van der Waals surface area contributed by atoms with Crippen LogP contribution in [0.3, 0.4) is 0 Å². The van der Waals surface area contributed by atoms with Gasteiger partial charge in [0.25, 0.3) is 0 Å². The van der Waals surface area contributed by atoms with Crippen LogP contribution in [0.15, 0.2) is 71.9 Å². The number of aromatic hydroxyl groups is 1. The summed E-state index contributed by atoms with van der Waals surface area (Å²) in [7, 11) is 3.63. The van der Waals surface area contributed by atoms with Gasteiger partial charge in [0.2, 0.25) is 11.8 Å². The second kappa shape index (κ2) is 10.3. The van der Waals surface area contributed by atoms with Gasteiger partial charge in [-0.3, -0.25) is 9.78 Å². The minimum atomic E-state index is -1.11. The lowest BCUT2D eigenvalue weighted by Crippen LogP contribution is -2.36. The Hall–Kier alpha value is -4.66. The summed E-state index contributed by atoms with van der Waals surface area (Å²) in [5.74, 6) is -1.23. The van der Waals surface area contributed by atoms with Crippen molar-refractivity contribution in [3.05, 3.63) is 83.6 Å². The lowest BCUT2D eigenvalue weighted by atomic mass is 10.0. The third-order valence-electron chi connectivity index (χ3n) is 5.95. The summed E-state index contributed by atoms with van der Waals surface area (Å²) in [6.07, 6.45) is 1.26. The summed E-state index contributed by atoms with van der Waals surface area (Å²) in [6, 6.07) is 18.2. The number of carbonyl (C=O) groups is 2. The van der Waals surface area contributed by atoms with Gasteiger partial charge in [-0.05, 0) is 37.3 Å². The van der Waals surface area contributed by atoms with Crippen LogP contribution < -0.4 is 4.90 Å². The molecule has 0 aliphatic carbocycles. The number of nitrogens with zero attached hydrogens (tertiary/aromatic N) is 4. The first-order valence-corrected chi connectivity index (χ1v) is 11.4. The zero-order chi connectivity index (χ0) is 25.8. The van der Waals surface area contributed by atoms with Gasteiger partial charge in [-0.25, -0.2) is 9.79 Å². The molecule has 4 aromatic rings. The van der Waals surface area contributed by atoms with Crippen LogP contribution in [0.1, 0.15) is 28.4 Å². The highest BCUT2D eigenvalue weighted by Gasteiger charge is 2.21. The zero-order valence-electron chi connectivity index (χ0n) is 20.3. The van der Waals surface area contributed by atoms with Gasteiger partial charge in [-0.1, -0.05) is 30.3 Å². The van der Waals surface area contributed by atoms with Crippen LogP contribution in [0, 0.1) is 0 Å². The molecule has 9 heteroatoms. The molecule has 3 N–H and O–H groups in total. The fourth-order valence-electron chi connectivity index (χ4n) is 3.77. The number of hydrogen-bond donors (Lipinski definition) is 3. The minimum Gasteiger partial charge on any atom is -0.494 e. The summed E-state index contributed by atoms with van der Waals surface area (Å²) in [5, 5.41) is 20.1. The van der Waals surface area contributed by atoms with Gasteiger partial charge < -0.3 is 25.0 Å². The number of hydrogen-bond acceptors (Lipinski definition) is 6. The van der Waals surface area contributed by atoms with Gasteiger partial charge in [-0.2, -0.15) is 0 Å². The topological polar surface area (TPSA) is 122 Å². The number of fused-ring (bicyclic) bond motifs is 1. The summed E-state index contributed by atoms with van der Waals surface area (Å²) >= 11 is 0. The normalized spacial score (nSPS) is 11.5. The van der Waals surface area contributed by atoms with E-state index in [-0.39, 0.29) is 23.9 Å². The fourth-order valence-corrected chi connectivity index (χ4v) is 3.77. The highest BCUT2D eigenvalue weighted by atomic mass is 16.4. The van der Waals surface area contributed by atoms with Crippen molar-refractivity contribution in [2.45, 2.75) is 6.92 Å². The van der Waals surface area contributed by atoms with Crippen molar-refractivity contribution >= 4 is 40.0 Å². The maximum absolute atomic E-state index is 12.3. The van der Waals surface area contributed by atoms with Crippen LogP contribution in [0.25, 0.3) is 11.0 Å². The van der Waals surface area contributed by atoms with Crippen molar-refractivity contribution in [1.82, 2.24) is 14.9 Å². The molecule has 2 aromatic carbocycles. The van der Waals surface area contributed by atoms with Gasteiger partial charge in [-0.15, -0.1) is 0 Å². The number of likely N-dealkylation sites (N-methyl/N-ethyl adjacent to an activating group) is 2. The fraction of sp³-hybridized carbons (Fsp3) is 0.185. The number of aliphatic imine (C=N–C) groups is 1. The molecule has 0 aliphatic rings. The average molecular weight is 486 g/mol. The number of carboxylic acid groups (broad SMARTS) is 1. The number of anilines is 1. The van der Waals surface area contributed by atoms with Crippen LogP contribution in [-0.4, -0.2) is 69.9 Å². The number of pyridine rings is 1. The van der Waals surface area contributed by atoms with E-state index < -0.39 is 5.97 Å². The number of amides is 1. The lowest BCUT2D eigenvalue weighted by Gasteiger charge is -2.22. The molecule has 0 radical (unpaired) electrons. The summed E-state index contributed by atoms with van der Waals surface area (Å²) in [5.41, 5.74) is 3.94. The molecule has 0 fully saturated rings. The molecule has 0 saturated carbocycles. The van der Waals surface area contributed by atoms with Crippen molar-refractivity contribution in [2.24, 2.45) is 4.99 Å². The Labute approximate surface area is 208 Å². The van der Waals surface area contributed by atoms with Gasteiger partial charge in [0.1, 0.15) is 5.52 Å². The second-order valence-corrected chi connectivity index (χ2v) is 8.38. The molecule has 9 nitrogen and oxygen atoms in total. The quantitative estimate of drug-likeness (QED) is 0.324. The second-order valence-electron chi connectivity index (χ2n) is 8.38. The monoisotopic (exact) mass is 485 g/mol. The minimum absolute atomic E-state index is 0.0109. The number of carbonyl (C=O) groups excluding carboxylic acids is 1. The molecule has 2 heterocycles. The molecule has 36 heavy (non-hydrogen) atoms. The highest BCUT2D eigenvalue weighted by Crippen LogP contribution is 2.31. The third-order valence-corrected chi connectivity index (χ3v) is 5.95. The molecule has 184 valence electrons. The third kappa shape index (κ3) is 5.05. The molecule has 0 aliphatic heterocycles. The van der Waals surface area contributed by atoms with Gasteiger partial charge >= 0.3 is 5.97 Å². The van der Waals surface area contributed by atoms with Crippen molar-refractivity contribution in [3.63, 3.8) is 0 Å². The van der Waals surface area contributed by atoms with Gasteiger partial charge in [0, 0.05) is 38.1 Å². The number of aromatic carboxylic acids is 1. The molecule has 1 amide bonds. The summed E-state index contributed by atoms with van der Waals surface area (Å²) in [4.78, 5) is 39.1. The molecular formula is C27H27N5O4. The predicted molar refractivity (Wildman–Crippen MR) is 139 cm³/mol. The van der Waals surface area contributed by atoms with Crippen LogP contribution >= 0.6 is 0 Å². The smallest absolute Gasteiger partial charge is 0.337 e. The van der Waals surface area contributed by atoms with Crippen molar-refractivity contribution < 1.29 is 19.8 Å². The van der Waals surface area contributed by atoms with Crippen molar-refractivity contribution in [2.75, 3.05) is 32.1 Å². The maximum Gasteiger partial charge on any atom is 0.337 e. The Bertz CT molecular complexity index is 1430. The Kier molecular flexibility index (Phi) is 7.00. The molecule has 2 aromatic heterocycles. The Balaban J connectivity index is 1.73. The van der Waals surface area contributed by atoms with E-state index >= 15 is 0 Å². The van der Waals surface area contributed by atoms with Crippen LogP contribution in [0.4, 0.5) is 11.4 Å². The molecule has 0 spiro atoms. The number of benzene rings is 2. The number of rotatable bonds is 8. The molecule has 0 bridgehead atoms. The molecule has 0 saturated heterocycles. The first-order valence-electron chi connectivity index (χ1n) is 11.4. The number of nitrogens with one attached hydrogen (secondary N) is 1. The first kappa shape index (κ1) is 24.5. The largest absolute Gasteiger partial charge is 0.494 e. The van der Waals surface area contributed by atoms with Crippen molar-refractivity contribution in [1.29, 1.82) is 0 Å². The maximum atomic E-state index is 12.3. The van der Waals surface area contributed by atoms with Gasteiger partial charge in [0.15, 0.2) is 0 Å². The molecule has 0 unspecified atom stereocenters. The first-order chi connectivity index (χ1) is 17.3. The standard InChI is InChI=1S/C27H27N5O4/c1-4-31(2)22(33)16-32(3)20-12-10-19(11-13-20)29-24(17-8-6-5-7-9-17)23-25-21(30-26(23)34)14-18(15-28-25)27(35)36/h5-15,30,34H,4,16H2,1-3H3,(H,35,36). The summed E-state index contributed by atoms with van der Waals surface area (Å²) in [6.45, 7) is 2.84. The number of carboxylic acids is 1.